The molecule has 0 aliphatic rings. The van der Waals surface area contributed by atoms with Crippen molar-refractivity contribution in [1.82, 2.24) is 0 Å². The Labute approximate surface area is 66.8 Å². The van der Waals surface area contributed by atoms with E-state index in [9.17, 15) is 0 Å². The van der Waals surface area contributed by atoms with Gasteiger partial charge < -0.3 is 0 Å². The van der Waals surface area contributed by atoms with E-state index in [0.717, 1.165) is 17.0 Å². The number of hydrogen-bond acceptors (Lipinski definition) is 0. The summed E-state index contributed by atoms with van der Waals surface area (Å²) < 4.78 is 0. The first-order valence-electron chi connectivity index (χ1n) is 3.28. The van der Waals surface area contributed by atoms with E-state index >= 15 is 0 Å². The molecule has 0 aliphatic heterocycles. The largest absolute Gasteiger partial charge is 0.0841 e. The number of hydrogen-bond donors (Lipinski definition) is 0. The SMILES string of the molecule is [CH2]Cc1ccc(Cl)c(C)c1. The summed E-state index contributed by atoms with van der Waals surface area (Å²) in [5.41, 5.74) is 2.37. The van der Waals surface area contributed by atoms with Crippen molar-refractivity contribution in [2.75, 3.05) is 0 Å². The first-order chi connectivity index (χ1) is 4.74. The van der Waals surface area contributed by atoms with Crippen LogP contribution >= 0.6 is 11.6 Å². The number of rotatable bonds is 1. The maximum atomic E-state index is 5.82. The van der Waals surface area contributed by atoms with Crippen LogP contribution in [0, 0.1) is 13.8 Å². The van der Waals surface area contributed by atoms with Crippen molar-refractivity contribution < 1.29 is 0 Å². The lowest BCUT2D eigenvalue weighted by atomic mass is 10.1. The summed E-state index contributed by atoms with van der Waals surface area (Å²) in [6.07, 6.45) is 0.831. The van der Waals surface area contributed by atoms with Crippen molar-refractivity contribution in [1.29, 1.82) is 0 Å². The molecule has 0 aromatic heterocycles. The van der Waals surface area contributed by atoms with Gasteiger partial charge in [-0.05, 0) is 37.5 Å². The molecule has 1 heteroatoms. The van der Waals surface area contributed by atoms with Gasteiger partial charge in [0.05, 0.1) is 0 Å². The fraction of sp³-hybridized carbons (Fsp3) is 0.222. The molecule has 0 atom stereocenters. The summed E-state index contributed by atoms with van der Waals surface area (Å²) in [4.78, 5) is 0. The van der Waals surface area contributed by atoms with Crippen molar-refractivity contribution in [3.05, 3.63) is 41.3 Å². The molecule has 0 bridgehead atoms. The van der Waals surface area contributed by atoms with Gasteiger partial charge in [-0.25, -0.2) is 0 Å². The fourth-order valence-corrected chi connectivity index (χ4v) is 0.980. The lowest BCUT2D eigenvalue weighted by molar-refractivity contribution is 1.25. The van der Waals surface area contributed by atoms with Crippen LogP contribution < -0.4 is 0 Å². The second kappa shape index (κ2) is 3.07. The molecule has 0 saturated heterocycles. The highest BCUT2D eigenvalue weighted by atomic mass is 35.5. The molecule has 10 heavy (non-hydrogen) atoms. The third-order valence-electron chi connectivity index (χ3n) is 1.51. The smallest absolute Gasteiger partial charge is 0.0435 e. The minimum Gasteiger partial charge on any atom is -0.0841 e. The second-order valence-corrected chi connectivity index (χ2v) is 2.74. The predicted molar refractivity (Wildman–Crippen MR) is 45.3 cm³/mol. The molecule has 53 valence electrons. The Morgan fingerprint density at radius 3 is 2.70 bits per heavy atom. The maximum Gasteiger partial charge on any atom is 0.0435 e. The van der Waals surface area contributed by atoms with Crippen LogP contribution in [0.1, 0.15) is 11.1 Å². The van der Waals surface area contributed by atoms with Crippen LogP contribution in [0.2, 0.25) is 5.02 Å². The lowest BCUT2D eigenvalue weighted by Gasteiger charge is -1.99. The Morgan fingerprint density at radius 2 is 2.20 bits per heavy atom. The van der Waals surface area contributed by atoms with Crippen LogP contribution in [-0.2, 0) is 6.42 Å². The van der Waals surface area contributed by atoms with Crippen molar-refractivity contribution in [2.45, 2.75) is 13.3 Å². The van der Waals surface area contributed by atoms with E-state index in [-0.39, 0.29) is 0 Å². The molecule has 0 N–H and O–H groups in total. The van der Waals surface area contributed by atoms with Gasteiger partial charge in [0, 0.05) is 5.02 Å². The van der Waals surface area contributed by atoms with Crippen molar-refractivity contribution in [2.24, 2.45) is 0 Å². The zero-order valence-electron chi connectivity index (χ0n) is 6.02. The molecular formula is C9H10Cl. The molecule has 0 spiro atoms. The molecule has 0 nitrogen and oxygen atoms in total. The first kappa shape index (κ1) is 7.62. The predicted octanol–water partition coefficient (Wildman–Crippen LogP) is 3.03. The van der Waals surface area contributed by atoms with Crippen LogP contribution in [-0.4, -0.2) is 0 Å². The molecule has 0 amide bonds. The van der Waals surface area contributed by atoms with E-state index in [4.69, 9.17) is 11.6 Å². The Balaban J connectivity index is 3.04. The standard InChI is InChI=1S/C9H10Cl/c1-3-8-4-5-9(10)7(2)6-8/h4-6H,1,3H2,2H3. The molecule has 1 aromatic carbocycles. The normalized spacial score (nSPS) is 9.90. The molecular weight excluding hydrogens is 144 g/mol. The second-order valence-electron chi connectivity index (χ2n) is 2.33. The Morgan fingerprint density at radius 1 is 1.50 bits per heavy atom. The van der Waals surface area contributed by atoms with Crippen LogP contribution in [0.15, 0.2) is 18.2 Å². The Hall–Kier alpha value is -0.490. The molecule has 1 radical (unpaired) electrons. The van der Waals surface area contributed by atoms with E-state index in [2.05, 4.69) is 13.0 Å². The topological polar surface area (TPSA) is 0 Å². The summed E-state index contributed by atoms with van der Waals surface area (Å²) in [6.45, 7) is 5.79. The van der Waals surface area contributed by atoms with Crippen molar-refractivity contribution >= 4 is 11.6 Å². The molecule has 0 aliphatic carbocycles. The van der Waals surface area contributed by atoms with Gasteiger partial charge in [-0.2, -0.15) is 0 Å². The van der Waals surface area contributed by atoms with E-state index < -0.39 is 0 Å². The van der Waals surface area contributed by atoms with Gasteiger partial charge in [0.25, 0.3) is 0 Å². The Bertz CT molecular complexity index is 228. The third-order valence-corrected chi connectivity index (χ3v) is 1.94. The molecule has 1 aromatic rings. The number of aryl methyl sites for hydroxylation is 1. The van der Waals surface area contributed by atoms with Crippen molar-refractivity contribution in [3.63, 3.8) is 0 Å². The van der Waals surface area contributed by atoms with Gasteiger partial charge in [-0.1, -0.05) is 23.7 Å². The summed E-state index contributed by atoms with van der Waals surface area (Å²) in [7, 11) is 0. The molecule has 0 unspecified atom stereocenters. The van der Waals surface area contributed by atoms with Crippen molar-refractivity contribution in [3.8, 4) is 0 Å². The quantitative estimate of drug-likeness (QED) is 0.582. The zero-order valence-corrected chi connectivity index (χ0v) is 6.78. The van der Waals surface area contributed by atoms with E-state index in [1.54, 1.807) is 0 Å². The highest BCUT2D eigenvalue weighted by Gasteiger charge is 1.93. The van der Waals surface area contributed by atoms with Gasteiger partial charge in [0.15, 0.2) is 0 Å². The molecule has 0 saturated carbocycles. The van der Waals surface area contributed by atoms with E-state index in [1.165, 1.54) is 5.56 Å². The van der Waals surface area contributed by atoms with Gasteiger partial charge in [0.2, 0.25) is 0 Å². The van der Waals surface area contributed by atoms with E-state index in [0.29, 0.717) is 0 Å². The fourth-order valence-electron chi connectivity index (χ4n) is 0.862. The minimum atomic E-state index is 0.831. The van der Waals surface area contributed by atoms with Crippen LogP contribution in [0.3, 0.4) is 0 Å². The highest BCUT2D eigenvalue weighted by molar-refractivity contribution is 6.31. The Kier molecular flexibility index (Phi) is 2.34. The zero-order chi connectivity index (χ0) is 7.56. The number of benzene rings is 1. The van der Waals surface area contributed by atoms with Gasteiger partial charge in [-0.15, -0.1) is 0 Å². The highest BCUT2D eigenvalue weighted by Crippen LogP contribution is 2.15. The average molecular weight is 154 g/mol. The van der Waals surface area contributed by atoms with E-state index in [1.807, 2.05) is 19.1 Å². The molecule has 1 rings (SSSR count). The molecule has 0 fully saturated rings. The monoisotopic (exact) mass is 153 g/mol. The summed E-state index contributed by atoms with van der Waals surface area (Å²) in [6, 6.07) is 5.98. The van der Waals surface area contributed by atoms with Gasteiger partial charge in [-0.3, -0.25) is 0 Å². The number of halogens is 1. The first-order valence-corrected chi connectivity index (χ1v) is 3.66. The van der Waals surface area contributed by atoms with Gasteiger partial charge >= 0.3 is 0 Å². The summed E-state index contributed by atoms with van der Waals surface area (Å²) in [5.74, 6) is 0. The summed E-state index contributed by atoms with van der Waals surface area (Å²) in [5, 5.41) is 0.831. The van der Waals surface area contributed by atoms with Gasteiger partial charge in [0.1, 0.15) is 0 Å². The summed E-state index contributed by atoms with van der Waals surface area (Å²) >= 11 is 5.82. The van der Waals surface area contributed by atoms with Crippen LogP contribution in [0.5, 0.6) is 0 Å². The van der Waals surface area contributed by atoms with Crippen LogP contribution in [0.4, 0.5) is 0 Å². The maximum absolute atomic E-state index is 5.82. The van der Waals surface area contributed by atoms with Crippen LogP contribution in [0.25, 0.3) is 0 Å². The lowest BCUT2D eigenvalue weighted by Crippen LogP contribution is -1.81. The average Bonchev–Trinajstić information content (AvgIpc) is 1.95. The third kappa shape index (κ3) is 1.51. The molecule has 0 heterocycles. The minimum absolute atomic E-state index is 0.831.